The summed E-state index contributed by atoms with van der Waals surface area (Å²) in [5.74, 6) is 0.606. The lowest BCUT2D eigenvalue weighted by Gasteiger charge is -2.34. The summed E-state index contributed by atoms with van der Waals surface area (Å²) in [6.07, 6.45) is 8.38. The van der Waals surface area contributed by atoms with Crippen molar-refractivity contribution in [2.45, 2.75) is 44.6 Å². The van der Waals surface area contributed by atoms with Gasteiger partial charge in [-0.25, -0.2) is 5.48 Å². The molecule has 3 aromatic carbocycles. The van der Waals surface area contributed by atoms with Crippen LogP contribution in [0.4, 0.5) is 0 Å². The lowest BCUT2D eigenvalue weighted by molar-refractivity contribution is -0.138. The Balaban J connectivity index is 1.43. The molecule has 0 bridgehead atoms. The average molecular weight is 528 g/mol. The smallest absolute Gasteiger partial charge is 0.274 e. The fourth-order valence-electron chi connectivity index (χ4n) is 5.75. The monoisotopic (exact) mass is 527 g/mol. The predicted molar refractivity (Wildman–Crippen MR) is 153 cm³/mol. The maximum Gasteiger partial charge on any atom is 0.274 e. The standard InChI is InChI=1S/C32H37N3O4/c36-31(34-38)26-15-13-23(14-16-26)19-24(22-39-30-12-6-10-25-7-4-5-11-29(25)30)21-35(28-17-18-33-20-28)32(37)27-8-2-1-3-9-27/h4-7,10-16,19,27-28,33,38H,1-3,8-9,17-18,20-22H2,(H,34,36)/b24-19-. The van der Waals surface area contributed by atoms with Gasteiger partial charge in [0.05, 0.1) is 0 Å². The largest absolute Gasteiger partial charge is 0.489 e. The van der Waals surface area contributed by atoms with E-state index in [2.05, 4.69) is 34.5 Å². The minimum atomic E-state index is -0.553. The highest BCUT2D eigenvalue weighted by Crippen LogP contribution is 2.29. The molecular formula is C32H37N3O4. The van der Waals surface area contributed by atoms with Crippen molar-refractivity contribution >= 4 is 28.7 Å². The number of fused-ring (bicyclic) bond motifs is 1. The van der Waals surface area contributed by atoms with Gasteiger partial charge in [-0.1, -0.05) is 73.9 Å². The molecule has 7 heteroatoms. The summed E-state index contributed by atoms with van der Waals surface area (Å²) < 4.78 is 6.40. The number of hydroxylamine groups is 1. The van der Waals surface area contributed by atoms with Crippen molar-refractivity contribution in [1.29, 1.82) is 0 Å². The lowest BCUT2D eigenvalue weighted by Crippen LogP contribution is -2.46. The Kier molecular flexibility index (Phi) is 8.91. The highest BCUT2D eigenvalue weighted by molar-refractivity contribution is 5.93. The molecule has 3 N–H and O–H groups in total. The maximum atomic E-state index is 13.8. The van der Waals surface area contributed by atoms with Crippen LogP contribution in [0, 0.1) is 5.92 Å². The van der Waals surface area contributed by atoms with Crippen LogP contribution < -0.4 is 15.5 Å². The van der Waals surface area contributed by atoms with Crippen LogP contribution >= 0.6 is 0 Å². The zero-order valence-corrected chi connectivity index (χ0v) is 22.3. The van der Waals surface area contributed by atoms with Crippen LogP contribution in [0.1, 0.15) is 54.4 Å². The Hall–Kier alpha value is -3.68. The Morgan fingerprint density at radius 3 is 2.49 bits per heavy atom. The summed E-state index contributed by atoms with van der Waals surface area (Å²) in [4.78, 5) is 27.7. The highest BCUT2D eigenvalue weighted by atomic mass is 16.5. The number of nitrogens with one attached hydrogen (secondary N) is 2. The van der Waals surface area contributed by atoms with Crippen LogP contribution in [0.2, 0.25) is 0 Å². The molecule has 3 aromatic rings. The van der Waals surface area contributed by atoms with Crippen molar-refractivity contribution < 1.29 is 19.5 Å². The van der Waals surface area contributed by atoms with Gasteiger partial charge in [-0.3, -0.25) is 14.8 Å². The second-order valence-corrected chi connectivity index (χ2v) is 10.6. The predicted octanol–water partition coefficient (Wildman–Crippen LogP) is 5.19. The van der Waals surface area contributed by atoms with E-state index in [9.17, 15) is 9.59 Å². The van der Waals surface area contributed by atoms with Gasteiger partial charge in [-0.05, 0) is 60.5 Å². The summed E-state index contributed by atoms with van der Waals surface area (Å²) in [6, 6.07) is 21.4. The fourth-order valence-corrected chi connectivity index (χ4v) is 5.75. The maximum absolute atomic E-state index is 13.8. The van der Waals surface area contributed by atoms with E-state index in [0.717, 1.165) is 72.9 Å². The van der Waals surface area contributed by atoms with Gasteiger partial charge in [-0.2, -0.15) is 0 Å². The van der Waals surface area contributed by atoms with E-state index in [1.54, 1.807) is 17.6 Å². The Morgan fingerprint density at radius 1 is 0.974 bits per heavy atom. The van der Waals surface area contributed by atoms with Gasteiger partial charge in [0.1, 0.15) is 12.4 Å². The second kappa shape index (κ2) is 12.9. The summed E-state index contributed by atoms with van der Waals surface area (Å²) in [7, 11) is 0. The number of hydrogen-bond donors (Lipinski definition) is 3. The van der Waals surface area contributed by atoms with Gasteiger partial charge in [0.2, 0.25) is 5.91 Å². The van der Waals surface area contributed by atoms with Gasteiger partial charge in [0.25, 0.3) is 5.91 Å². The molecule has 204 valence electrons. The number of nitrogens with zero attached hydrogens (tertiary/aromatic N) is 1. The first kappa shape index (κ1) is 26.9. The van der Waals surface area contributed by atoms with Gasteiger partial charge in [-0.15, -0.1) is 0 Å². The molecule has 5 rings (SSSR count). The molecule has 0 aromatic heterocycles. The van der Waals surface area contributed by atoms with Crippen molar-refractivity contribution in [3.63, 3.8) is 0 Å². The molecule has 7 nitrogen and oxygen atoms in total. The van der Waals surface area contributed by atoms with Crippen LogP contribution in [0.25, 0.3) is 16.8 Å². The van der Waals surface area contributed by atoms with Crippen LogP contribution in [0.5, 0.6) is 5.75 Å². The second-order valence-electron chi connectivity index (χ2n) is 10.6. The number of ether oxygens (including phenoxy) is 1. The van der Waals surface area contributed by atoms with Gasteiger partial charge >= 0.3 is 0 Å². The van der Waals surface area contributed by atoms with E-state index in [4.69, 9.17) is 9.94 Å². The summed E-state index contributed by atoms with van der Waals surface area (Å²) in [5, 5.41) is 14.5. The van der Waals surface area contributed by atoms with Gasteiger partial charge < -0.3 is 15.0 Å². The quantitative estimate of drug-likeness (QED) is 0.263. The van der Waals surface area contributed by atoms with Crippen molar-refractivity contribution in [2.75, 3.05) is 26.2 Å². The molecule has 39 heavy (non-hydrogen) atoms. The first-order valence-electron chi connectivity index (χ1n) is 14.0. The normalized spacial score (nSPS) is 18.2. The van der Waals surface area contributed by atoms with Crippen LogP contribution in [0.15, 0.2) is 72.3 Å². The topological polar surface area (TPSA) is 90.9 Å². The van der Waals surface area contributed by atoms with E-state index in [1.165, 1.54) is 6.42 Å². The molecule has 1 aliphatic carbocycles. The van der Waals surface area contributed by atoms with Crippen LogP contribution in [-0.4, -0.2) is 54.2 Å². The summed E-state index contributed by atoms with van der Waals surface area (Å²) in [6.45, 7) is 2.55. The molecule has 0 radical (unpaired) electrons. The third kappa shape index (κ3) is 6.67. The molecule has 1 atom stereocenters. The van der Waals surface area contributed by atoms with Gasteiger partial charge in [0, 0.05) is 36.0 Å². The number of hydrogen-bond acceptors (Lipinski definition) is 5. The molecule has 2 fully saturated rings. The summed E-state index contributed by atoms with van der Waals surface area (Å²) >= 11 is 0. The molecule has 2 amide bonds. The Labute approximate surface area is 229 Å². The van der Waals surface area contributed by atoms with Crippen molar-refractivity contribution in [3.05, 3.63) is 83.4 Å². The number of amides is 2. The van der Waals surface area contributed by atoms with Crippen molar-refractivity contribution in [2.24, 2.45) is 5.92 Å². The average Bonchev–Trinajstić information content (AvgIpc) is 3.53. The van der Waals surface area contributed by atoms with Crippen LogP contribution in [0.3, 0.4) is 0 Å². The zero-order valence-electron chi connectivity index (χ0n) is 22.3. The first-order chi connectivity index (χ1) is 19.1. The minimum absolute atomic E-state index is 0.0934. The fraction of sp³-hybridized carbons (Fsp3) is 0.375. The zero-order chi connectivity index (χ0) is 27.0. The van der Waals surface area contributed by atoms with E-state index in [0.29, 0.717) is 18.7 Å². The molecule has 1 saturated heterocycles. The first-order valence-corrected chi connectivity index (χ1v) is 14.0. The molecule has 1 saturated carbocycles. The molecule has 2 aliphatic rings. The van der Waals surface area contributed by atoms with Gasteiger partial charge in [0.15, 0.2) is 0 Å². The molecular weight excluding hydrogens is 490 g/mol. The Morgan fingerprint density at radius 2 is 1.74 bits per heavy atom. The lowest BCUT2D eigenvalue weighted by atomic mass is 9.87. The van der Waals surface area contributed by atoms with E-state index < -0.39 is 5.91 Å². The van der Waals surface area contributed by atoms with E-state index >= 15 is 0 Å². The Bertz CT molecular complexity index is 1300. The highest BCUT2D eigenvalue weighted by Gasteiger charge is 2.32. The third-order valence-electron chi connectivity index (χ3n) is 7.89. The summed E-state index contributed by atoms with van der Waals surface area (Å²) in [5.41, 5.74) is 3.92. The third-order valence-corrected chi connectivity index (χ3v) is 7.89. The van der Waals surface area contributed by atoms with Crippen molar-refractivity contribution in [1.82, 2.24) is 15.7 Å². The van der Waals surface area contributed by atoms with E-state index in [-0.39, 0.29) is 17.9 Å². The number of carbonyl (C=O) groups is 2. The number of benzene rings is 3. The van der Waals surface area contributed by atoms with Crippen molar-refractivity contribution in [3.8, 4) is 5.75 Å². The molecule has 0 spiro atoms. The molecule has 1 aliphatic heterocycles. The number of carbonyl (C=O) groups excluding carboxylic acids is 2. The van der Waals surface area contributed by atoms with Crippen LogP contribution in [-0.2, 0) is 4.79 Å². The number of rotatable bonds is 9. The molecule has 1 unspecified atom stereocenters. The minimum Gasteiger partial charge on any atom is -0.489 e. The molecule has 1 heterocycles. The SMILES string of the molecule is O=C(NO)c1ccc(/C=C(\COc2cccc3ccccc23)CN(C(=O)C2CCCCC2)C2CCNC2)cc1. The van der Waals surface area contributed by atoms with E-state index in [1.807, 2.05) is 36.4 Å².